The van der Waals surface area contributed by atoms with Crippen molar-refractivity contribution in [1.82, 2.24) is 0 Å². The van der Waals surface area contributed by atoms with Crippen molar-refractivity contribution in [3.63, 3.8) is 0 Å². The molecule has 3 N–H and O–H groups in total. The van der Waals surface area contributed by atoms with Crippen molar-refractivity contribution < 1.29 is 18.6 Å². The summed E-state index contributed by atoms with van der Waals surface area (Å²) >= 11 is 0. The van der Waals surface area contributed by atoms with Crippen molar-refractivity contribution in [3.8, 4) is 5.75 Å². The van der Waals surface area contributed by atoms with Crippen molar-refractivity contribution in [2.75, 3.05) is 45.5 Å². The first-order chi connectivity index (χ1) is 8.62. The maximum atomic E-state index is 13.6. The van der Waals surface area contributed by atoms with Gasteiger partial charge in [0.1, 0.15) is 11.6 Å². The van der Waals surface area contributed by atoms with Crippen LogP contribution in [0.1, 0.15) is 0 Å². The normalized spacial score (nSPS) is 12.2. The molecule has 5 nitrogen and oxygen atoms in total. The summed E-state index contributed by atoms with van der Waals surface area (Å²) < 4.78 is 28.8. The highest BCUT2D eigenvalue weighted by atomic mass is 19.1. The predicted molar refractivity (Wildman–Crippen MR) is 68.5 cm³/mol. The van der Waals surface area contributed by atoms with Crippen LogP contribution in [-0.2, 0) is 9.47 Å². The van der Waals surface area contributed by atoms with Crippen molar-refractivity contribution in [3.05, 3.63) is 17.9 Å². The van der Waals surface area contributed by atoms with Crippen LogP contribution < -0.4 is 15.8 Å². The average molecular weight is 258 g/mol. The number of rotatable bonds is 7. The number of ether oxygens (including phenoxy) is 3. The van der Waals surface area contributed by atoms with Crippen molar-refractivity contribution in [2.24, 2.45) is 0 Å². The fourth-order valence-electron chi connectivity index (χ4n) is 1.50. The molecule has 1 aromatic rings. The highest BCUT2D eigenvalue weighted by Crippen LogP contribution is 2.28. The summed E-state index contributed by atoms with van der Waals surface area (Å²) in [5, 5.41) is 2.94. The Kier molecular flexibility index (Phi) is 5.67. The van der Waals surface area contributed by atoms with E-state index in [-0.39, 0.29) is 11.8 Å². The fraction of sp³-hybridized carbons (Fsp3) is 0.500. The first kappa shape index (κ1) is 14.5. The van der Waals surface area contributed by atoms with E-state index in [0.717, 1.165) is 0 Å². The maximum Gasteiger partial charge on any atom is 0.148 e. The number of methoxy groups -OCH3 is 3. The third-order valence-corrected chi connectivity index (χ3v) is 2.53. The molecule has 0 fully saturated rings. The highest BCUT2D eigenvalue weighted by Gasteiger charge is 2.11. The lowest BCUT2D eigenvalue weighted by atomic mass is 10.2. The number of anilines is 2. The van der Waals surface area contributed by atoms with E-state index >= 15 is 0 Å². The molecule has 0 spiro atoms. The Morgan fingerprint density at radius 2 is 2.06 bits per heavy atom. The largest absolute Gasteiger partial charge is 0.495 e. The zero-order valence-corrected chi connectivity index (χ0v) is 10.8. The molecule has 0 radical (unpaired) electrons. The molecule has 6 heteroatoms. The predicted octanol–water partition coefficient (Wildman–Crippen LogP) is 1.49. The lowest BCUT2D eigenvalue weighted by molar-refractivity contribution is 0.0365. The number of halogens is 1. The summed E-state index contributed by atoms with van der Waals surface area (Å²) in [6.07, 6.45) is -0.155. The summed E-state index contributed by atoms with van der Waals surface area (Å²) in [6, 6.07) is 2.74. The molecule has 0 aliphatic rings. The number of hydrogen-bond donors (Lipinski definition) is 2. The molecule has 0 bridgehead atoms. The van der Waals surface area contributed by atoms with Crippen LogP contribution in [0.4, 0.5) is 15.8 Å². The molecule has 0 saturated carbocycles. The second-order valence-corrected chi connectivity index (χ2v) is 3.77. The Balaban J connectivity index is 2.72. The van der Waals surface area contributed by atoms with Crippen LogP contribution in [0.25, 0.3) is 0 Å². The summed E-state index contributed by atoms with van der Waals surface area (Å²) in [5.41, 5.74) is 6.18. The van der Waals surface area contributed by atoms with Gasteiger partial charge >= 0.3 is 0 Å². The molecule has 1 rings (SSSR count). The molecule has 18 heavy (non-hydrogen) atoms. The van der Waals surface area contributed by atoms with Gasteiger partial charge in [-0.05, 0) is 0 Å². The van der Waals surface area contributed by atoms with E-state index in [0.29, 0.717) is 24.6 Å². The molecule has 0 aliphatic heterocycles. The van der Waals surface area contributed by atoms with Gasteiger partial charge in [0.25, 0.3) is 0 Å². The lowest BCUT2D eigenvalue weighted by Gasteiger charge is -2.17. The number of hydrogen-bond acceptors (Lipinski definition) is 5. The molecule has 1 aromatic carbocycles. The van der Waals surface area contributed by atoms with Gasteiger partial charge in [-0.1, -0.05) is 0 Å². The van der Waals surface area contributed by atoms with Gasteiger partial charge in [-0.2, -0.15) is 0 Å². The molecule has 0 amide bonds. The van der Waals surface area contributed by atoms with Crippen molar-refractivity contribution >= 4 is 11.4 Å². The maximum absolute atomic E-state index is 13.6. The second-order valence-electron chi connectivity index (χ2n) is 3.77. The van der Waals surface area contributed by atoms with Crippen molar-refractivity contribution in [2.45, 2.75) is 6.10 Å². The van der Waals surface area contributed by atoms with Crippen LogP contribution >= 0.6 is 0 Å². The minimum absolute atomic E-state index is 0.155. The minimum Gasteiger partial charge on any atom is -0.495 e. The summed E-state index contributed by atoms with van der Waals surface area (Å²) in [6.45, 7) is 0.853. The summed E-state index contributed by atoms with van der Waals surface area (Å²) in [5.74, 6) is 0.000165. The average Bonchev–Trinajstić information content (AvgIpc) is 2.36. The van der Waals surface area contributed by atoms with E-state index in [9.17, 15) is 4.39 Å². The Morgan fingerprint density at radius 3 is 2.61 bits per heavy atom. The quantitative estimate of drug-likeness (QED) is 0.725. The Hall–Kier alpha value is -1.53. The van der Waals surface area contributed by atoms with Crippen molar-refractivity contribution in [1.29, 1.82) is 0 Å². The molecule has 0 aliphatic carbocycles. The lowest BCUT2D eigenvalue weighted by Crippen LogP contribution is -2.26. The first-order valence-corrected chi connectivity index (χ1v) is 5.51. The number of nitrogens with one attached hydrogen (secondary N) is 1. The molecule has 1 atom stereocenters. The van der Waals surface area contributed by atoms with Gasteiger partial charge in [-0.3, -0.25) is 0 Å². The topological polar surface area (TPSA) is 65.7 Å². The van der Waals surface area contributed by atoms with Gasteiger partial charge in [0, 0.05) is 32.9 Å². The van der Waals surface area contributed by atoms with Crippen LogP contribution in [0.2, 0.25) is 0 Å². The molecule has 102 valence electrons. The second kappa shape index (κ2) is 7.03. The molecular formula is C12H19FN2O3. The number of benzene rings is 1. The Morgan fingerprint density at radius 1 is 1.33 bits per heavy atom. The van der Waals surface area contributed by atoms with Gasteiger partial charge in [0.05, 0.1) is 31.2 Å². The van der Waals surface area contributed by atoms with Crippen LogP contribution in [0, 0.1) is 5.82 Å². The van der Waals surface area contributed by atoms with Crippen LogP contribution in [0.5, 0.6) is 5.75 Å². The minimum atomic E-state index is -0.430. The number of nitrogens with two attached hydrogens (primary N) is 1. The Bertz CT molecular complexity index is 388. The monoisotopic (exact) mass is 258 g/mol. The zero-order valence-electron chi connectivity index (χ0n) is 10.8. The third-order valence-electron chi connectivity index (χ3n) is 2.53. The van der Waals surface area contributed by atoms with Gasteiger partial charge in [0.2, 0.25) is 0 Å². The van der Waals surface area contributed by atoms with Gasteiger partial charge in [-0.15, -0.1) is 0 Å². The van der Waals surface area contributed by atoms with E-state index in [1.807, 2.05) is 0 Å². The number of nitrogen functional groups attached to an aromatic ring is 1. The SMILES string of the molecule is COCC(CNc1cc(OC)c(N)cc1F)OC. The van der Waals surface area contributed by atoms with E-state index in [1.54, 1.807) is 14.2 Å². The molecule has 1 unspecified atom stereocenters. The van der Waals surface area contributed by atoms with E-state index in [2.05, 4.69) is 5.32 Å². The standard InChI is InChI=1S/C12H19FN2O3/c1-16-7-8(17-2)6-15-11-5-12(18-3)10(14)4-9(11)13/h4-5,8,15H,6-7,14H2,1-3H3. The summed E-state index contributed by atoms with van der Waals surface area (Å²) in [4.78, 5) is 0. The first-order valence-electron chi connectivity index (χ1n) is 5.51. The van der Waals surface area contributed by atoms with Gasteiger partial charge < -0.3 is 25.3 Å². The highest BCUT2D eigenvalue weighted by molar-refractivity contribution is 5.62. The third kappa shape index (κ3) is 3.75. The van der Waals surface area contributed by atoms with Gasteiger partial charge in [0.15, 0.2) is 0 Å². The zero-order chi connectivity index (χ0) is 13.5. The van der Waals surface area contributed by atoms with E-state index in [1.165, 1.54) is 19.2 Å². The van der Waals surface area contributed by atoms with Crippen LogP contribution in [0.3, 0.4) is 0 Å². The summed E-state index contributed by atoms with van der Waals surface area (Å²) in [7, 11) is 4.64. The fourth-order valence-corrected chi connectivity index (χ4v) is 1.50. The Labute approximate surface area is 106 Å². The van der Waals surface area contributed by atoms with E-state index in [4.69, 9.17) is 19.9 Å². The molecule has 0 heterocycles. The smallest absolute Gasteiger partial charge is 0.148 e. The van der Waals surface area contributed by atoms with Crippen LogP contribution in [0.15, 0.2) is 12.1 Å². The molecule has 0 saturated heterocycles. The molecule has 0 aromatic heterocycles. The van der Waals surface area contributed by atoms with E-state index < -0.39 is 5.82 Å². The van der Waals surface area contributed by atoms with Gasteiger partial charge in [-0.25, -0.2) is 4.39 Å². The molecular weight excluding hydrogens is 239 g/mol. The van der Waals surface area contributed by atoms with Crippen LogP contribution in [-0.4, -0.2) is 40.6 Å².